The third kappa shape index (κ3) is 9.96. The van der Waals surface area contributed by atoms with Crippen LogP contribution in [0.2, 0.25) is 0 Å². The molecule has 12 heavy (non-hydrogen) atoms. The van der Waals surface area contributed by atoms with Gasteiger partial charge in [0.1, 0.15) is 0 Å². The van der Waals surface area contributed by atoms with Crippen LogP contribution < -0.4 is 5.73 Å². The Labute approximate surface area is 77.7 Å². The maximum atomic E-state index is 6.97. The van der Waals surface area contributed by atoms with Gasteiger partial charge in [0, 0.05) is 6.54 Å². The van der Waals surface area contributed by atoms with Crippen molar-refractivity contribution < 1.29 is 0 Å². The third-order valence-corrected chi connectivity index (χ3v) is 2.28. The van der Waals surface area contributed by atoms with E-state index in [-0.39, 0.29) is 0 Å². The van der Waals surface area contributed by atoms with Gasteiger partial charge < -0.3 is 0 Å². The van der Waals surface area contributed by atoms with Gasteiger partial charge in [0.15, 0.2) is 0 Å². The number of unbranched alkanes of at least 4 members (excludes halogenated alkanes) is 8. The fraction of sp³-hybridized carbons (Fsp3) is 1.00. The van der Waals surface area contributed by atoms with Crippen LogP contribution in [0.5, 0.6) is 0 Å². The molecule has 0 unspecified atom stereocenters. The second kappa shape index (κ2) is 11.0. The first-order valence-corrected chi connectivity index (χ1v) is 5.56. The average Bonchev–Trinajstić information content (AvgIpc) is 2.10. The van der Waals surface area contributed by atoms with Crippen molar-refractivity contribution >= 4 is 0 Å². The first-order valence-electron chi connectivity index (χ1n) is 5.56. The molecule has 0 aliphatic heterocycles. The topological polar surface area (TPSA) is 23.8 Å². The van der Waals surface area contributed by atoms with Gasteiger partial charge in [-0.2, -0.15) is 0 Å². The van der Waals surface area contributed by atoms with E-state index >= 15 is 0 Å². The van der Waals surface area contributed by atoms with Crippen LogP contribution in [0.1, 0.15) is 64.7 Å². The van der Waals surface area contributed by atoms with Gasteiger partial charge in [-0.3, -0.25) is 5.73 Å². The second-order valence-corrected chi connectivity index (χ2v) is 3.58. The molecule has 0 spiro atoms. The van der Waals surface area contributed by atoms with Gasteiger partial charge in [-0.1, -0.05) is 58.3 Å². The molecule has 0 aromatic rings. The first kappa shape index (κ1) is 12.0. The molecule has 0 saturated heterocycles. The van der Waals surface area contributed by atoms with Crippen LogP contribution in [-0.2, 0) is 0 Å². The first-order chi connectivity index (χ1) is 5.91. The minimum atomic E-state index is 0.621. The lowest BCUT2D eigenvalue weighted by atomic mass is 10.1. The number of hydrogen-bond acceptors (Lipinski definition) is 0. The van der Waals surface area contributed by atoms with Crippen LogP contribution in [0, 0.1) is 0 Å². The Morgan fingerprint density at radius 2 is 1.08 bits per heavy atom. The zero-order valence-electron chi connectivity index (χ0n) is 8.57. The molecule has 0 heterocycles. The van der Waals surface area contributed by atoms with Crippen LogP contribution in [0.4, 0.5) is 0 Å². The lowest BCUT2D eigenvalue weighted by Gasteiger charge is -1.99. The Morgan fingerprint density at radius 1 is 0.667 bits per heavy atom. The fourth-order valence-electron chi connectivity index (χ4n) is 1.44. The van der Waals surface area contributed by atoms with Crippen molar-refractivity contribution in [3.05, 3.63) is 0 Å². The molecular formula is C11H24N. The number of rotatable bonds is 9. The van der Waals surface area contributed by atoms with E-state index in [1.54, 1.807) is 0 Å². The molecule has 1 N–H and O–H groups in total. The van der Waals surface area contributed by atoms with E-state index in [0.29, 0.717) is 6.54 Å². The second-order valence-electron chi connectivity index (χ2n) is 3.58. The van der Waals surface area contributed by atoms with Crippen LogP contribution in [0.15, 0.2) is 0 Å². The summed E-state index contributed by atoms with van der Waals surface area (Å²) >= 11 is 0. The summed E-state index contributed by atoms with van der Waals surface area (Å²) in [4.78, 5) is 0. The summed E-state index contributed by atoms with van der Waals surface area (Å²) < 4.78 is 0. The Balaban J connectivity index is 2.73. The highest BCUT2D eigenvalue weighted by atomic mass is 14.5. The normalized spacial score (nSPS) is 10.5. The predicted molar refractivity (Wildman–Crippen MR) is 55.2 cm³/mol. The molecule has 73 valence electrons. The van der Waals surface area contributed by atoms with E-state index in [1.165, 1.54) is 51.4 Å². The average molecular weight is 170 g/mol. The summed E-state index contributed by atoms with van der Waals surface area (Å²) in [6, 6.07) is 0. The molecule has 0 aliphatic carbocycles. The van der Waals surface area contributed by atoms with Crippen LogP contribution >= 0.6 is 0 Å². The van der Waals surface area contributed by atoms with E-state index in [2.05, 4.69) is 6.92 Å². The van der Waals surface area contributed by atoms with Gasteiger partial charge in [-0.05, 0) is 6.42 Å². The van der Waals surface area contributed by atoms with Crippen molar-refractivity contribution in [1.82, 2.24) is 5.73 Å². The molecule has 1 radical (unpaired) electrons. The van der Waals surface area contributed by atoms with Gasteiger partial charge in [0.05, 0.1) is 0 Å². The van der Waals surface area contributed by atoms with Gasteiger partial charge >= 0.3 is 0 Å². The summed E-state index contributed by atoms with van der Waals surface area (Å²) in [5.74, 6) is 0. The minimum absolute atomic E-state index is 0.621. The third-order valence-electron chi connectivity index (χ3n) is 2.28. The predicted octanol–water partition coefficient (Wildman–Crippen LogP) is 3.80. The van der Waals surface area contributed by atoms with Crippen LogP contribution in [0.25, 0.3) is 0 Å². The Bertz CT molecular complexity index is 61.4. The molecular weight excluding hydrogens is 146 g/mol. The van der Waals surface area contributed by atoms with Gasteiger partial charge in [0.25, 0.3) is 0 Å². The van der Waals surface area contributed by atoms with Crippen LogP contribution in [-0.4, -0.2) is 6.54 Å². The monoisotopic (exact) mass is 170 g/mol. The molecule has 1 nitrogen and oxygen atoms in total. The van der Waals surface area contributed by atoms with Crippen molar-refractivity contribution in [2.24, 2.45) is 0 Å². The van der Waals surface area contributed by atoms with Gasteiger partial charge in [-0.25, -0.2) is 0 Å². The van der Waals surface area contributed by atoms with Crippen molar-refractivity contribution in [3.8, 4) is 0 Å². The van der Waals surface area contributed by atoms with Crippen molar-refractivity contribution in [1.29, 1.82) is 0 Å². The van der Waals surface area contributed by atoms with E-state index in [1.807, 2.05) is 0 Å². The van der Waals surface area contributed by atoms with Crippen LogP contribution in [0.3, 0.4) is 0 Å². The van der Waals surface area contributed by atoms with E-state index in [9.17, 15) is 0 Å². The molecule has 0 rings (SSSR count). The van der Waals surface area contributed by atoms with Crippen molar-refractivity contribution in [2.75, 3.05) is 6.54 Å². The smallest absolute Gasteiger partial charge is 0.00997 e. The largest absolute Gasteiger partial charge is 0.258 e. The zero-order chi connectivity index (χ0) is 9.07. The standard InChI is InChI=1S/C11H24N/c1-2-3-4-5-6-7-8-9-10-11-12/h12H,2-11H2,1H3. The molecule has 0 aliphatic rings. The van der Waals surface area contributed by atoms with E-state index in [4.69, 9.17) is 5.73 Å². The SMILES string of the molecule is CCCCCCCCCCC[NH]. The molecule has 0 fully saturated rings. The molecule has 1 heteroatoms. The number of hydrogen-bond donors (Lipinski definition) is 0. The summed E-state index contributed by atoms with van der Waals surface area (Å²) in [6.07, 6.45) is 12.1. The maximum absolute atomic E-state index is 6.97. The summed E-state index contributed by atoms with van der Waals surface area (Å²) in [5.41, 5.74) is 6.97. The van der Waals surface area contributed by atoms with Gasteiger partial charge in [-0.15, -0.1) is 0 Å². The molecule has 0 amide bonds. The maximum Gasteiger partial charge on any atom is 0.00997 e. The molecule has 0 atom stereocenters. The zero-order valence-corrected chi connectivity index (χ0v) is 8.57. The quantitative estimate of drug-likeness (QED) is 0.470. The highest BCUT2D eigenvalue weighted by Gasteiger charge is 1.90. The molecule has 0 bridgehead atoms. The van der Waals surface area contributed by atoms with Crippen molar-refractivity contribution in [2.45, 2.75) is 64.7 Å². The van der Waals surface area contributed by atoms with E-state index < -0.39 is 0 Å². The Hall–Kier alpha value is -0.0400. The summed E-state index contributed by atoms with van der Waals surface area (Å²) in [7, 11) is 0. The Morgan fingerprint density at radius 3 is 1.50 bits per heavy atom. The summed E-state index contributed by atoms with van der Waals surface area (Å²) in [5, 5.41) is 0. The molecule has 0 aromatic heterocycles. The molecule has 0 saturated carbocycles. The molecule has 0 aromatic carbocycles. The van der Waals surface area contributed by atoms with Crippen molar-refractivity contribution in [3.63, 3.8) is 0 Å². The lowest BCUT2D eigenvalue weighted by molar-refractivity contribution is 0.566. The lowest BCUT2D eigenvalue weighted by Crippen LogP contribution is -1.85. The minimum Gasteiger partial charge on any atom is -0.258 e. The highest BCUT2D eigenvalue weighted by molar-refractivity contribution is 4.46. The number of nitrogens with one attached hydrogen (secondary N) is 1. The van der Waals surface area contributed by atoms with Gasteiger partial charge in [0.2, 0.25) is 0 Å². The highest BCUT2D eigenvalue weighted by Crippen LogP contribution is 2.08. The summed E-state index contributed by atoms with van der Waals surface area (Å²) in [6.45, 7) is 2.88. The fourth-order valence-corrected chi connectivity index (χ4v) is 1.44. The van der Waals surface area contributed by atoms with E-state index in [0.717, 1.165) is 6.42 Å². The Kier molecular flexibility index (Phi) is 10.9.